The quantitative estimate of drug-likeness (QED) is 0.766. The molecule has 0 saturated carbocycles. The van der Waals surface area contributed by atoms with Crippen molar-refractivity contribution in [3.8, 4) is 0 Å². The molecule has 1 aliphatic rings. The van der Waals surface area contributed by atoms with E-state index in [-0.39, 0.29) is 10.8 Å². The van der Waals surface area contributed by atoms with Crippen molar-refractivity contribution in [1.82, 2.24) is 4.72 Å². The van der Waals surface area contributed by atoms with Gasteiger partial charge in [0.05, 0.1) is 6.10 Å². The molecule has 0 aromatic rings. The Kier molecular flexibility index (Phi) is 4.15. The van der Waals surface area contributed by atoms with E-state index in [0.29, 0.717) is 12.5 Å². The molecule has 1 aliphatic heterocycles. The maximum atomic E-state index is 11.1. The van der Waals surface area contributed by atoms with E-state index in [1.54, 1.807) is 0 Å². The molecule has 0 aromatic carbocycles. The van der Waals surface area contributed by atoms with E-state index < -0.39 is 10.0 Å². The number of hydrogen-bond acceptors (Lipinski definition) is 3. The third-order valence-corrected chi connectivity index (χ3v) is 4.94. The van der Waals surface area contributed by atoms with Crippen LogP contribution in [0, 0.1) is 5.92 Å². The predicted molar refractivity (Wildman–Crippen MR) is 54.2 cm³/mol. The first-order valence-electron chi connectivity index (χ1n) is 4.20. The van der Waals surface area contributed by atoms with Gasteiger partial charge in [-0.2, -0.15) is 0 Å². The first-order valence-corrected chi connectivity index (χ1v) is 6.97. The fourth-order valence-corrected chi connectivity index (χ4v) is 2.35. The van der Waals surface area contributed by atoms with Crippen molar-refractivity contribution in [3.05, 3.63) is 0 Å². The molecule has 0 amide bonds. The molecule has 0 bridgehead atoms. The normalized spacial score (nSPS) is 29.4. The van der Waals surface area contributed by atoms with Crippen LogP contribution in [0.2, 0.25) is 0 Å². The van der Waals surface area contributed by atoms with Crippen molar-refractivity contribution < 1.29 is 13.2 Å². The van der Waals surface area contributed by atoms with Crippen molar-refractivity contribution >= 4 is 26.0 Å². The molecule has 1 N–H and O–H groups in total. The maximum Gasteiger partial charge on any atom is 0.221 e. The van der Waals surface area contributed by atoms with E-state index >= 15 is 0 Å². The van der Waals surface area contributed by atoms with E-state index in [1.807, 2.05) is 6.92 Å². The lowest BCUT2D eigenvalue weighted by atomic mass is 10.0. The van der Waals surface area contributed by atoms with Crippen LogP contribution in [-0.2, 0) is 14.8 Å². The Morgan fingerprint density at radius 2 is 2.31 bits per heavy atom. The first kappa shape index (κ1) is 11.4. The van der Waals surface area contributed by atoms with E-state index in [4.69, 9.17) is 4.74 Å². The summed E-state index contributed by atoms with van der Waals surface area (Å²) in [5.74, 6) is 0.314. The molecule has 6 heteroatoms. The second-order valence-electron chi connectivity index (χ2n) is 3.20. The highest BCUT2D eigenvalue weighted by Gasteiger charge is 2.25. The molecule has 13 heavy (non-hydrogen) atoms. The van der Waals surface area contributed by atoms with E-state index in [2.05, 4.69) is 20.7 Å². The van der Waals surface area contributed by atoms with Gasteiger partial charge in [0, 0.05) is 19.1 Å². The molecule has 1 fully saturated rings. The zero-order valence-corrected chi connectivity index (χ0v) is 9.90. The fourth-order valence-electron chi connectivity index (χ4n) is 1.32. The van der Waals surface area contributed by atoms with Crippen LogP contribution in [0.3, 0.4) is 0 Å². The minimum atomic E-state index is -3.12. The molecule has 2 unspecified atom stereocenters. The lowest BCUT2D eigenvalue weighted by Crippen LogP contribution is -2.32. The number of alkyl halides is 1. The van der Waals surface area contributed by atoms with Gasteiger partial charge in [-0.05, 0) is 13.3 Å². The zero-order valence-electron chi connectivity index (χ0n) is 7.49. The van der Waals surface area contributed by atoms with Crippen molar-refractivity contribution in [2.75, 3.05) is 17.8 Å². The second kappa shape index (κ2) is 4.72. The maximum absolute atomic E-state index is 11.1. The van der Waals surface area contributed by atoms with Crippen LogP contribution in [0.15, 0.2) is 0 Å². The highest BCUT2D eigenvalue weighted by molar-refractivity contribution is 9.10. The highest BCUT2D eigenvalue weighted by atomic mass is 79.9. The molecule has 0 aliphatic carbocycles. The van der Waals surface area contributed by atoms with Gasteiger partial charge in [0.25, 0.3) is 0 Å². The smallest absolute Gasteiger partial charge is 0.221 e. The Morgan fingerprint density at radius 3 is 2.77 bits per heavy atom. The van der Waals surface area contributed by atoms with Crippen LogP contribution in [0.25, 0.3) is 0 Å². The number of sulfonamides is 1. The predicted octanol–water partition coefficient (Wildman–Crippen LogP) is 0.683. The summed E-state index contributed by atoms with van der Waals surface area (Å²) in [7, 11) is -3.12. The van der Waals surface area contributed by atoms with Gasteiger partial charge in [-0.1, -0.05) is 15.9 Å². The summed E-state index contributed by atoms with van der Waals surface area (Å²) in [5, 5.41) is 0. The van der Waals surface area contributed by atoms with Crippen molar-refractivity contribution in [2.24, 2.45) is 5.92 Å². The van der Waals surface area contributed by atoms with Gasteiger partial charge in [0.1, 0.15) is 4.66 Å². The molecule has 0 spiro atoms. The van der Waals surface area contributed by atoms with Crippen LogP contribution in [0.5, 0.6) is 0 Å². The minimum absolute atomic E-state index is 0.0397. The molecule has 2 atom stereocenters. The summed E-state index contributed by atoms with van der Waals surface area (Å²) in [5.41, 5.74) is 0. The van der Waals surface area contributed by atoms with E-state index in [0.717, 1.165) is 13.0 Å². The van der Waals surface area contributed by atoms with Crippen molar-refractivity contribution in [2.45, 2.75) is 19.4 Å². The fraction of sp³-hybridized carbons (Fsp3) is 1.00. The Bertz CT molecular complexity index is 254. The van der Waals surface area contributed by atoms with Crippen LogP contribution in [0.4, 0.5) is 0 Å². The molecule has 1 saturated heterocycles. The standard InChI is InChI=1S/C7H14BrNO3S/c1-6-7(2-3-12-6)4-9-13(10,11)5-8/h6-7,9H,2-5H2,1H3. The molecular weight excluding hydrogens is 258 g/mol. The average molecular weight is 272 g/mol. The summed E-state index contributed by atoms with van der Waals surface area (Å²) in [6, 6.07) is 0. The van der Waals surface area contributed by atoms with E-state index in [1.165, 1.54) is 0 Å². The molecule has 0 aromatic heterocycles. The molecule has 1 rings (SSSR count). The Hall–Kier alpha value is 0.350. The van der Waals surface area contributed by atoms with Crippen LogP contribution >= 0.6 is 15.9 Å². The number of nitrogens with one attached hydrogen (secondary N) is 1. The Morgan fingerprint density at radius 1 is 1.62 bits per heavy atom. The average Bonchev–Trinajstić information content (AvgIpc) is 2.48. The number of hydrogen-bond donors (Lipinski definition) is 1. The van der Waals surface area contributed by atoms with Crippen molar-refractivity contribution in [1.29, 1.82) is 0 Å². The van der Waals surface area contributed by atoms with Crippen LogP contribution in [0.1, 0.15) is 13.3 Å². The van der Waals surface area contributed by atoms with Gasteiger partial charge in [-0.25, -0.2) is 13.1 Å². The number of ether oxygens (including phenoxy) is 1. The summed E-state index contributed by atoms with van der Waals surface area (Å²) < 4.78 is 29.9. The van der Waals surface area contributed by atoms with Gasteiger partial charge in [-0.3, -0.25) is 0 Å². The van der Waals surface area contributed by atoms with Gasteiger partial charge >= 0.3 is 0 Å². The van der Waals surface area contributed by atoms with Crippen LogP contribution < -0.4 is 4.72 Å². The minimum Gasteiger partial charge on any atom is -0.378 e. The largest absolute Gasteiger partial charge is 0.378 e. The SMILES string of the molecule is CC1OCCC1CNS(=O)(=O)CBr. The summed E-state index contributed by atoms with van der Waals surface area (Å²) in [6.07, 6.45) is 1.10. The van der Waals surface area contributed by atoms with Gasteiger partial charge in [0.2, 0.25) is 10.0 Å². The van der Waals surface area contributed by atoms with Gasteiger partial charge < -0.3 is 4.74 Å². The van der Waals surface area contributed by atoms with Gasteiger partial charge in [0.15, 0.2) is 0 Å². The third-order valence-electron chi connectivity index (χ3n) is 2.24. The molecule has 78 valence electrons. The zero-order chi connectivity index (χ0) is 9.90. The lowest BCUT2D eigenvalue weighted by Gasteiger charge is -2.13. The van der Waals surface area contributed by atoms with Crippen LogP contribution in [-0.4, -0.2) is 32.3 Å². The Labute approximate surface area is 87.2 Å². The van der Waals surface area contributed by atoms with Gasteiger partial charge in [-0.15, -0.1) is 0 Å². The molecular formula is C7H14BrNO3S. The Balaban J connectivity index is 2.34. The molecule has 0 radical (unpaired) electrons. The molecule has 4 nitrogen and oxygen atoms in total. The number of rotatable bonds is 4. The van der Waals surface area contributed by atoms with Crippen molar-refractivity contribution in [3.63, 3.8) is 0 Å². The van der Waals surface area contributed by atoms with E-state index in [9.17, 15) is 8.42 Å². The monoisotopic (exact) mass is 271 g/mol. The highest BCUT2D eigenvalue weighted by Crippen LogP contribution is 2.19. The summed E-state index contributed by atoms with van der Waals surface area (Å²) >= 11 is 2.91. The summed E-state index contributed by atoms with van der Waals surface area (Å²) in [6.45, 7) is 3.19. The number of halogens is 1. The topological polar surface area (TPSA) is 55.4 Å². The molecule has 1 heterocycles. The lowest BCUT2D eigenvalue weighted by molar-refractivity contribution is 0.107. The summed E-state index contributed by atoms with van der Waals surface area (Å²) in [4.78, 5) is 0. The third kappa shape index (κ3) is 3.53. The first-order chi connectivity index (χ1) is 6.05. The second-order valence-corrected chi connectivity index (χ2v) is 6.31.